The van der Waals surface area contributed by atoms with E-state index in [4.69, 9.17) is 5.73 Å². The summed E-state index contributed by atoms with van der Waals surface area (Å²) in [7, 11) is 0. The number of anilines is 3. The molecule has 146 valence electrons. The van der Waals surface area contributed by atoms with Gasteiger partial charge in [0.15, 0.2) is 5.82 Å². The molecule has 1 amide bonds. The SMILES string of the molecule is CC(C)Nc1cccnc1N1CCN(C(=O)n2ccc3cc(N)ccc32)CC1. The molecule has 1 aliphatic rings. The van der Waals surface area contributed by atoms with Crippen LogP contribution in [0, 0.1) is 0 Å². The van der Waals surface area contributed by atoms with E-state index in [0.29, 0.717) is 24.8 Å². The molecule has 0 spiro atoms. The van der Waals surface area contributed by atoms with Crippen molar-refractivity contribution in [1.82, 2.24) is 14.5 Å². The number of aromatic nitrogens is 2. The molecule has 1 saturated heterocycles. The van der Waals surface area contributed by atoms with Crippen molar-refractivity contribution in [2.75, 3.05) is 42.1 Å². The molecular formula is C21H26N6O. The van der Waals surface area contributed by atoms with E-state index in [0.717, 1.165) is 35.5 Å². The first-order valence-corrected chi connectivity index (χ1v) is 9.65. The van der Waals surface area contributed by atoms with Crippen LogP contribution in [0.2, 0.25) is 0 Å². The normalized spacial score (nSPS) is 14.7. The van der Waals surface area contributed by atoms with Crippen molar-refractivity contribution in [1.29, 1.82) is 0 Å². The molecular weight excluding hydrogens is 352 g/mol. The minimum Gasteiger partial charge on any atom is -0.399 e. The zero-order valence-electron chi connectivity index (χ0n) is 16.3. The highest BCUT2D eigenvalue weighted by molar-refractivity contribution is 5.93. The van der Waals surface area contributed by atoms with E-state index in [1.165, 1.54) is 0 Å². The standard InChI is InChI=1S/C21H26N6O/c1-15(2)24-18-4-3-8-23-20(18)25-10-12-26(13-11-25)21(28)27-9-7-16-14-17(22)5-6-19(16)27/h3-9,14-15,24H,10-13,22H2,1-2H3. The summed E-state index contributed by atoms with van der Waals surface area (Å²) >= 11 is 0. The number of carbonyl (C=O) groups is 1. The Labute approximate surface area is 164 Å². The number of rotatable bonds is 3. The van der Waals surface area contributed by atoms with Crippen LogP contribution in [0.5, 0.6) is 0 Å². The van der Waals surface area contributed by atoms with Crippen molar-refractivity contribution in [2.24, 2.45) is 0 Å². The molecule has 2 aromatic heterocycles. The summed E-state index contributed by atoms with van der Waals surface area (Å²) in [6, 6.07) is 11.9. The van der Waals surface area contributed by atoms with Gasteiger partial charge in [0.25, 0.3) is 0 Å². The highest BCUT2D eigenvalue weighted by Gasteiger charge is 2.25. The third-order valence-corrected chi connectivity index (χ3v) is 5.00. The van der Waals surface area contributed by atoms with Gasteiger partial charge in [-0.1, -0.05) is 0 Å². The van der Waals surface area contributed by atoms with E-state index in [-0.39, 0.29) is 6.03 Å². The van der Waals surface area contributed by atoms with Gasteiger partial charge >= 0.3 is 6.03 Å². The van der Waals surface area contributed by atoms with Crippen LogP contribution < -0.4 is 16.0 Å². The molecule has 3 aromatic rings. The van der Waals surface area contributed by atoms with Crippen molar-refractivity contribution < 1.29 is 4.79 Å². The molecule has 7 heteroatoms. The first-order valence-electron chi connectivity index (χ1n) is 9.65. The second-order valence-corrected chi connectivity index (χ2v) is 7.43. The highest BCUT2D eigenvalue weighted by atomic mass is 16.2. The Morgan fingerprint density at radius 3 is 2.68 bits per heavy atom. The number of nitrogens with two attached hydrogens (primary N) is 1. The van der Waals surface area contributed by atoms with Crippen LogP contribution in [0.15, 0.2) is 48.8 Å². The predicted molar refractivity (Wildman–Crippen MR) is 114 cm³/mol. The molecule has 0 aliphatic carbocycles. The molecule has 0 radical (unpaired) electrons. The summed E-state index contributed by atoms with van der Waals surface area (Å²) in [6.45, 7) is 7.05. The van der Waals surface area contributed by atoms with Crippen LogP contribution in [0.1, 0.15) is 13.8 Å². The van der Waals surface area contributed by atoms with Gasteiger partial charge in [-0.15, -0.1) is 0 Å². The second kappa shape index (κ2) is 7.42. The van der Waals surface area contributed by atoms with E-state index >= 15 is 0 Å². The van der Waals surface area contributed by atoms with Crippen LogP contribution in [-0.4, -0.2) is 52.7 Å². The van der Waals surface area contributed by atoms with Crippen molar-refractivity contribution in [3.63, 3.8) is 0 Å². The highest BCUT2D eigenvalue weighted by Crippen LogP contribution is 2.25. The Balaban J connectivity index is 1.48. The molecule has 0 atom stereocenters. The summed E-state index contributed by atoms with van der Waals surface area (Å²) in [5.41, 5.74) is 8.46. The lowest BCUT2D eigenvalue weighted by molar-refractivity contribution is 0.197. The lowest BCUT2D eigenvalue weighted by Crippen LogP contribution is -2.50. The Morgan fingerprint density at radius 1 is 1.14 bits per heavy atom. The Hall–Kier alpha value is -3.22. The molecule has 28 heavy (non-hydrogen) atoms. The molecule has 1 fully saturated rings. The van der Waals surface area contributed by atoms with Gasteiger partial charge in [0.05, 0.1) is 11.2 Å². The number of nitrogens with one attached hydrogen (secondary N) is 1. The lowest BCUT2D eigenvalue weighted by atomic mass is 10.2. The molecule has 4 rings (SSSR count). The Bertz CT molecular complexity index is 987. The fraction of sp³-hybridized carbons (Fsp3) is 0.333. The lowest BCUT2D eigenvalue weighted by Gasteiger charge is -2.36. The van der Waals surface area contributed by atoms with E-state index in [9.17, 15) is 4.79 Å². The zero-order valence-corrected chi connectivity index (χ0v) is 16.3. The van der Waals surface area contributed by atoms with E-state index in [1.807, 2.05) is 47.6 Å². The van der Waals surface area contributed by atoms with Crippen molar-refractivity contribution >= 4 is 34.1 Å². The van der Waals surface area contributed by atoms with Gasteiger partial charge in [-0.05, 0) is 50.2 Å². The van der Waals surface area contributed by atoms with Crippen LogP contribution in [0.4, 0.5) is 22.0 Å². The third-order valence-electron chi connectivity index (χ3n) is 5.00. The van der Waals surface area contributed by atoms with Crippen LogP contribution in [0.3, 0.4) is 0 Å². The van der Waals surface area contributed by atoms with Gasteiger partial charge in [-0.25, -0.2) is 9.78 Å². The number of benzene rings is 1. The molecule has 0 bridgehead atoms. The largest absolute Gasteiger partial charge is 0.399 e. The number of hydrogen-bond acceptors (Lipinski definition) is 5. The van der Waals surface area contributed by atoms with E-state index in [1.54, 1.807) is 4.57 Å². The van der Waals surface area contributed by atoms with E-state index in [2.05, 4.69) is 35.1 Å². The number of carbonyl (C=O) groups excluding carboxylic acids is 1. The van der Waals surface area contributed by atoms with Crippen molar-refractivity contribution in [2.45, 2.75) is 19.9 Å². The van der Waals surface area contributed by atoms with E-state index < -0.39 is 0 Å². The first kappa shape index (κ1) is 18.2. The van der Waals surface area contributed by atoms with Crippen LogP contribution >= 0.6 is 0 Å². The maximum Gasteiger partial charge on any atom is 0.328 e. The number of hydrogen-bond donors (Lipinski definition) is 2. The van der Waals surface area contributed by atoms with Crippen molar-refractivity contribution in [3.8, 4) is 0 Å². The van der Waals surface area contributed by atoms with Crippen molar-refractivity contribution in [3.05, 3.63) is 48.8 Å². The Kier molecular flexibility index (Phi) is 4.81. The summed E-state index contributed by atoms with van der Waals surface area (Å²) < 4.78 is 1.71. The van der Waals surface area contributed by atoms with Gasteiger partial charge in [0.2, 0.25) is 0 Å². The average Bonchev–Trinajstić information content (AvgIpc) is 3.10. The fourth-order valence-electron chi connectivity index (χ4n) is 3.66. The quantitative estimate of drug-likeness (QED) is 0.684. The summed E-state index contributed by atoms with van der Waals surface area (Å²) in [4.78, 5) is 21.7. The minimum atomic E-state index is 0.000899. The predicted octanol–water partition coefficient (Wildman–Crippen LogP) is 3.23. The molecule has 7 nitrogen and oxygen atoms in total. The van der Waals surface area contributed by atoms with Gasteiger partial charge in [0, 0.05) is 55.7 Å². The average molecular weight is 378 g/mol. The third kappa shape index (κ3) is 3.47. The monoisotopic (exact) mass is 378 g/mol. The van der Waals surface area contributed by atoms with Gasteiger partial charge in [-0.3, -0.25) is 4.57 Å². The molecule has 3 heterocycles. The number of pyridine rings is 1. The summed E-state index contributed by atoms with van der Waals surface area (Å²) in [6.07, 6.45) is 3.64. The number of piperazine rings is 1. The molecule has 1 aromatic carbocycles. The fourth-order valence-corrected chi connectivity index (χ4v) is 3.66. The number of fused-ring (bicyclic) bond motifs is 1. The second-order valence-electron chi connectivity index (χ2n) is 7.43. The summed E-state index contributed by atoms with van der Waals surface area (Å²) in [5.74, 6) is 0.949. The molecule has 1 aliphatic heterocycles. The van der Waals surface area contributed by atoms with Crippen LogP contribution in [0.25, 0.3) is 10.9 Å². The number of amides is 1. The minimum absolute atomic E-state index is 0.000899. The van der Waals surface area contributed by atoms with Crippen LogP contribution in [-0.2, 0) is 0 Å². The van der Waals surface area contributed by atoms with Gasteiger partial charge < -0.3 is 20.9 Å². The van der Waals surface area contributed by atoms with Gasteiger partial charge in [-0.2, -0.15) is 0 Å². The zero-order chi connectivity index (χ0) is 19.7. The maximum atomic E-state index is 13.0. The maximum absolute atomic E-state index is 13.0. The van der Waals surface area contributed by atoms with Gasteiger partial charge in [0.1, 0.15) is 0 Å². The topological polar surface area (TPSA) is 79.4 Å². The molecule has 0 saturated carbocycles. The number of nitrogens with zero attached hydrogens (tertiary/aromatic N) is 4. The first-order chi connectivity index (χ1) is 13.5. The summed E-state index contributed by atoms with van der Waals surface area (Å²) in [5, 5.41) is 4.43. The molecule has 0 unspecified atom stereocenters. The smallest absolute Gasteiger partial charge is 0.328 e. The number of nitrogen functional groups attached to an aromatic ring is 1. The molecule has 3 N–H and O–H groups in total. The Morgan fingerprint density at radius 2 is 1.93 bits per heavy atom.